The number of aliphatic hydroxyl groups is 2. The number of likely N-dealkylation sites (tertiary alicyclic amines) is 1. The lowest BCUT2D eigenvalue weighted by molar-refractivity contribution is -0.179. The number of hydrogen-bond acceptors (Lipinski definition) is 3. The summed E-state index contributed by atoms with van der Waals surface area (Å²) in [5.74, 6) is 2.21. The van der Waals surface area contributed by atoms with E-state index in [1.54, 1.807) is 0 Å². The smallest absolute Gasteiger partial charge is 0.223 e. The Balaban J connectivity index is 1.45. The van der Waals surface area contributed by atoms with Crippen molar-refractivity contribution in [2.24, 2.45) is 29.1 Å². The maximum atomic E-state index is 13.0. The van der Waals surface area contributed by atoms with E-state index in [1.165, 1.54) is 5.56 Å². The van der Waals surface area contributed by atoms with E-state index in [4.69, 9.17) is 0 Å². The number of nitrogens with zero attached hydrogens (tertiary/aromatic N) is 1. The van der Waals surface area contributed by atoms with Crippen LogP contribution in [-0.4, -0.2) is 46.3 Å². The van der Waals surface area contributed by atoms with Crippen molar-refractivity contribution >= 4 is 5.91 Å². The molecule has 0 atom stereocenters. The number of benzene rings is 1. The molecule has 0 aromatic heterocycles. The number of hydrogen-bond donors (Lipinski definition) is 2. The molecule has 4 heteroatoms. The van der Waals surface area contributed by atoms with Gasteiger partial charge in [0.15, 0.2) is 0 Å². The fourth-order valence-corrected chi connectivity index (χ4v) is 6.73. The summed E-state index contributed by atoms with van der Waals surface area (Å²) in [5.41, 5.74) is 1.36. The van der Waals surface area contributed by atoms with Crippen LogP contribution in [0.3, 0.4) is 0 Å². The average Bonchev–Trinajstić information content (AvgIpc) is 2.58. The predicted molar refractivity (Wildman–Crippen MR) is 98.2 cm³/mol. The van der Waals surface area contributed by atoms with Gasteiger partial charge in [-0.15, -0.1) is 0 Å². The Labute approximate surface area is 155 Å². The van der Waals surface area contributed by atoms with Gasteiger partial charge in [0.05, 0.1) is 12.2 Å². The van der Waals surface area contributed by atoms with Crippen LogP contribution in [0.25, 0.3) is 0 Å². The first-order valence-electron chi connectivity index (χ1n) is 10.2. The maximum absolute atomic E-state index is 13.0. The SMILES string of the molecule is O=C(CC1(Cc2ccccc2)C2CC3CC1CC(C2)C3O)N1CC(O)C1. The number of carbonyl (C=O) groups excluding carboxylic acids is 1. The molecule has 1 aromatic carbocycles. The van der Waals surface area contributed by atoms with E-state index in [0.29, 0.717) is 43.2 Å². The molecule has 4 saturated carbocycles. The van der Waals surface area contributed by atoms with Crippen LogP contribution in [0.4, 0.5) is 0 Å². The second-order valence-corrected chi connectivity index (χ2v) is 9.37. The quantitative estimate of drug-likeness (QED) is 0.871. The van der Waals surface area contributed by atoms with E-state index in [-0.39, 0.29) is 23.5 Å². The van der Waals surface area contributed by atoms with Gasteiger partial charge in [-0.25, -0.2) is 0 Å². The normalized spacial score (nSPS) is 41.3. The van der Waals surface area contributed by atoms with Gasteiger partial charge in [0, 0.05) is 19.5 Å². The highest BCUT2D eigenvalue weighted by Crippen LogP contribution is 2.64. The molecule has 4 bridgehead atoms. The number of carbonyl (C=O) groups is 1. The van der Waals surface area contributed by atoms with E-state index in [9.17, 15) is 15.0 Å². The van der Waals surface area contributed by atoms with Gasteiger partial charge in [-0.3, -0.25) is 4.79 Å². The van der Waals surface area contributed by atoms with Crippen LogP contribution < -0.4 is 0 Å². The molecule has 6 rings (SSSR count). The van der Waals surface area contributed by atoms with Gasteiger partial charge < -0.3 is 15.1 Å². The largest absolute Gasteiger partial charge is 0.393 e. The van der Waals surface area contributed by atoms with E-state index in [0.717, 1.165) is 32.1 Å². The fraction of sp³-hybridized carbons (Fsp3) is 0.682. The Morgan fingerprint density at radius 1 is 1.00 bits per heavy atom. The van der Waals surface area contributed by atoms with Crippen molar-refractivity contribution in [1.82, 2.24) is 4.90 Å². The van der Waals surface area contributed by atoms with Crippen molar-refractivity contribution in [2.75, 3.05) is 13.1 Å². The van der Waals surface area contributed by atoms with E-state index >= 15 is 0 Å². The molecule has 26 heavy (non-hydrogen) atoms. The predicted octanol–water partition coefficient (Wildman–Crippen LogP) is 2.24. The first-order valence-corrected chi connectivity index (χ1v) is 10.2. The first-order chi connectivity index (χ1) is 12.5. The van der Waals surface area contributed by atoms with Crippen molar-refractivity contribution in [3.63, 3.8) is 0 Å². The number of aliphatic hydroxyl groups excluding tert-OH is 2. The molecule has 1 aliphatic heterocycles. The zero-order valence-electron chi connectivity index (χ0n) is 15.3. The molecule has 1 aromatic rings. The summed E-state index contributed by atoms with van der Waals surface area (Å²) in [4.78, 5) is 14.8. The summed E-state index contributed by atoms with van der Waals surface area (Å²) < 4.78 is 0. The first kappa shape index (κ1) is 16.8. The lowest BCUT2D eigenvalue weighted by atomic mass is 9.42. The summed E-state index contributed by atoms with van der Waals surface area (Å²) in [7, 11) is 0. The van der Waals surface area contributed by atoms with E-state index in [2.05, 4.69) is 30.3 Å². The third-order valence-electron chi connectivity index (χ3n) is 8.01. The lowest BCUT2D eigenvalue weighted by Gasteiger charge is -2.63. The molecule has 1 saturated heterocycles. The Kier molecular flexibility index (Phi) is 3.91. The molecular weight excluding hydrogens is 326 g/mol. The van der Waals surface area contributed by atoms with Crippen LogP contribution in [0.1, 0.15) is 37.7 Å². The monoisotopic (exact) mass is 355 g/mol. The maximum Gasteiger partial charge on any atom is 0.223 e. The zero-order chi connectivity index (χ0) is 17.9. The molecule has 140 valence electrons. The highest BCUT2D eigenvalue weighted by Gasteiger charge is 2.60. The summed E-state index contributed by atoms with van der Waals surface area (Å²) in [6.45, 7) is 0.999. The van der Waals surface area contributed by atoms with E-state index in [1.807, 2.05) is 4.90 Å². The van der Waals surface area contributed by atoms with Gasteiger partial charge >= 0.3 is 0 Å². The summed E-state index contributed by atoms with van der Waals surface area (Å²) in [5, 5.41) is 20.1. The minimum absolute atomic E-state index is 0.0338. The van der Waals surface area contributed by atoms with E-state index < -0.39 is 0 Å². The molecule has 4 aliphatic carbocycles. The molecule has 0 unspecified atom stereocenters. The van der Waals surface area contributed by atoms with Crippen molar-refractivity contribution in [3.05, 3.63) is 35.9 Å². The van der Waals surface area contributed by atoms with Crippen LogP contribution in [0.5, 0.6) is 0 Å². The molecule has 1 amide bonds. The van der Waals surface area contributed by atoms with Crippen LogP contribution in [-0.2, 0) is 11.2 Å². The Bertz CT molecular complexity index is 652. The van der Waals surface area contributed by atoms with Gasteiger partial charge in [0.1, 0.15) is 0 Å². The van der Waals surface area contributed by atoms with Gasteiger partial charge in [-0.2, -0.15) is 0 Å². The zero-order valence-corrected chi connectivity index (χ0v) is 15.3. The molecule has 1 heterocycles. The Morgan fingerprint density at radius 3 is 2.12 bits per heavy atom. The standard InChI is InChI=1S/C22H29NO3/c24-19-12-23(13-19)20(25)11-22(10-14-4-2-1-3-5-14)17-6-15-7-18(22)9-16(8-17)21(15)26/h1-5,15-19,21,24,26H,6-13H2. The highest BCUT2D eigenvalue weighted by atomic mass is 16.3. The Hall–Kier alpha value is -1.39. The highest BCUT2D eigenvalue weighted by molar-refractivity contribution is 5.78. The van der Waals surface area contributed by atoms with Gasteiger partial charge in [-0.05, 0) is 66.8 Å². The van der Waals surface area contributed by atoms with Crippen molar-refractivity contribution in [2.45, 2.75) is 50.7 Å². The third-order valence-corrected chi connectivity index (χ3v) is 8.01. The second kappa shape index (κ2) is 6.07. The average molecular weight is 355 g/mol. The third kappa shape index (κ3) is 2.53. The summed E-state index contributed by atoms with van der Waals surface area (Å²) >= 11 is 0. The van der Waals surface area contributed by atoms with Crippen LogP contribution in [0, 0.1) is 29.1 Å². The van der Waals surface area contributed by atoms with Gasteiger partial charge in [0.25, 0.3) is 0 Å². The molecular formula is C22H29NO3. The van der Waals surface area contributed by atoms with Gasteiger partial charge in [-0.1, -0.05) is 30.3 Å². The minimum Gasteiger partial charge on any atom is -0.393 e. The molecule has 5 aliphatic rings. The lowest BCUT2D eigenvalue weighted by Crippen LogP contribution is -2.61. The topological polar surface area (TPSA) is 60.8 Å². The summed E-state index contributed by atoms with van der Waals surface area (Å²) in [6, 6.07) is 10.6. The molecule has 0 radical (unpaired) electrons. The van der Waals surface area contributed by atoms with Crippen LogP contribution >= 0.6 is 0 Å². The second-order valence-electron chi connectivity index (χ2n) is 9.37. The molecule has 0 spiro atoms. The van der Waals surface area contributed by atoms with Crippen LogP contribution in [0.15, 0.2) is 30.3 Å². The van der Waals surface area contributed by atoms with Gasteiger partial charge in [0.2, 0.25) is 5.91 Å². The Morgan fingerprint density at radius 2 is 1.58 bits per heavy atom. The molecule has 2 N–H and O–H groups in total. The van der Waals surface area contributed by atoms with Crippen molar-refractivity contribution in [1.29, 1.82) is 0 Å². The number of rotatable bonds is 4. The fourth-order valence-electron chi connectivity index (χ4n) is 6.73. The number of amides is 1. The van der Waals surface area contributed by atoms with Crippen molar-refractivity contribution < 1.29 is 15.0 Å². The minimum atomic E-state index is -0.335. The van der Waals surface area contributed by atoms with Crippen molar-refractivity contribution in [3.8, 4) is 0 Å². The van der Waals surface area contributed by atoms with Crippen LogP contribution in [0.2, 0.25) is 0 Å². The molecule has 4 nitrogen and oxygen atoms in total. The number of β-amino-alcohol motifs (C(OH)–C–C–N with tert-alkyl or cyclic N) is 1. The summed E-state index contributed by atoms with van der Waals surface area (Å²) in [6.07, 6.45) is 5.46. The molecule has 5 fully saturated rings.